The minimum Gasteiger partial charge on any atom is -0.478 e. The molecule has 0 saturated heterocycles. The highest BCUT2D eigenvalue weighted by Gasteiger charge is 2.01. The van der Waals surface area contributed by atoms with Gasteiger partial charge in [0.2, 0.25) is 0 Å². The van der Waals surface area contributed by atoms with E-state index in [0.717, 1.165) is 25.5 Å². The molecule has 0 amide bonds. The van der Waals surface area contributed by atoms with Crippen LogP contribution in [-0.4, -0.2) is 17.6 Å². The summed E-state index contributed by atoms with van der Waals surface area (Å²) in [5.74, 6) is -1.36. The average Bonchev–Trinajstić information content (AvgIpc) is 2.28. The molecule has 17 heavy (non-hydrogen) atoms. The molecule has 0 aromatic heterocycles. The monoisotopic (exact) mass is 237 g/mol. The van der Waals surface area contributed by atoms with Crippen molar-refractivity contribution >= 4 is 17.7 Å². The molecule has 0 heterocycles. The summed E-state index contributed by atoms with van der Waals surface area (Å²) < 4.78 is 13.1. The summed E-state index contributed by atoms with van der Waals surface area (Å²) in [5.41, 5.74) is 1.29. The fraction of sp³-hybridized carbons (Fsp3) is 0.308. The Hall–Kier alpha value is -1.84. The zero-order valence-corrected chi connectivity index (χ0v) is 9.74. The molecule has 0 fully saturated rings. The normalized spacial score (nSPS) is 10.7. The van der Waals surface area contributed by atoms with Gasteiger partial charge in [0.05, 0.1) is 0 Å². The lowest BCUT2D eigenvalue weighted by atomic mass is 10.1. The number of unbranched alkanes of at least 4 members (excludes halogenated alkanes) is 1. The summed E-state index contributed by atoms with van der Waals surface area (Å²) in [6, 6.07) is 4.24. The molecule has 0 atom stereocenters. The highest BCUT2D eigenvalue weighted by atomic mass is 19.1. The lowest BCUT2D eigenvalue weighted by Gasteiger charge is -2.09. The maximum Gasteiger partial charge on any atom is 0.328 e. The molecule has 1 rings (SSSR count). The first kappa shape index (κ1) is 13.2. The first-order valence-electron chi connectivity index (χ1n) is 5.58. The topological polar surface area (TPSA) is 49.3 Å². The maximum absolute atomic E-state index is 13.1. The number of anilines is 1. The Morgan fingerprint density at radius 2 is 2.29 bits per heavy atom. The fourth-order valence-electron chi connectivity index (χ4n) is 1.39. The van der Waals surface area contributed by atoms with Crippen LogP contribution in [0.3, 0.4) is 0 Å². The quantitative estimate of drug-likeness (QED) is 0.590. The van der Waals surface area contributed by atoms with Crippen LogP contribution in [0.15, 0.2) is 24.3 Å². The van der Waals surface area contributed by atoms with Crippen molar-refractivity contribution in [2.24, 2.45) is 0 Å². The number of nitrogens with one attached hydrogen (secondary N) is 1. The molecule has 0 saturated carbocycles. The van der Waals surface area contributed by atoms with Crippen molar-refractivity contribution in [3.05, 3.63) is 35.7 Å². The molecule has 0 bridgehead atoms. The van der Waals surface area contributed by atoms with Gasteiger partial charge < -0.3 is 10.4 Å². The van der Waals surface area contributed by atoms with Crippen molar-refractivity contribution in [3.8, 4) is 0 Å². The van der Waals surface area contributed by atoms with Crippen molar-refractivity contribution in [1.82, 2.24) is 0 Å². The Bertz CT molecular complexity index is 416. The Morgan fingerprint density at radius 1 is 1.53 bits per heavy atom. The van der Waals surface area contributed by atoms with Crippen LogP contribution in [0.25, 0.3) is 6.08 Å². The fourth-order valence-corrected chi connectivity index (χ4v) is 1.39. The average molecular weight is 237 g/mol. The minimum atomic E-state index is -1.02. The van der Waals surface area contributed by atoms with E-state index in [1.165, 1.54) is 18.2 Å². The summed E-state index contributed by atoms with van der Waals surface area (Å²) in [5, 5.41) is 11.6. The maximum atomic E-state index is 13.1. The van der Waals surface area contributed by atoms with Crippen molar-refractivity contribution < 1.29 is 14.3 Å². The molecular formula is C13H16FNO2. The van der Waals surface area contributed by atoms with Crippen molar-refractivity contribution in [2.75, 3.05) is 11.9 Å². The molecule has 3 nitrogen and oxygen atoms in total. The molecule has 92 valence electrons. The first-order valence-corrected chi connectivity index (χ1v) is 5.58. The smallest absolute Gasteiger partial charge is 0.328 e. The summed E-state index contributed by atoms with van der Waals surface area (Å²) >= 11 is 0. The number of rotatable bonds is 6. The molecule has 0 aliphatic carbocycles. The van der Waals surface area contributed by atoms with Gasteiger partial charge in [0.15, 0.2) is 0 Å². The number of carboxylic acid groups (broad SMARTS) is 1. The number of carbonyl (C=O) groups is 1. The van der Waals surface area contributed by atoms with E-state index in [1.807, 2.05) is 0 Å². The van der Waals surface area contributed by atoms with Crippen LogP contribution in [0.5, 0.6) is 0 Å². The van der Waals surface area contributed by atoms with Gasteiger partial charge in [-0.1, -0.05) is 13.3 Å². The van der Waals surface area contributed by atoms with E-state index in [9.17, 15) is 9.18 Å². The first-order chi connectivity index (χ1) is 8.13. The Morgan fingerprint density at radius 3 is 2.94 bits per heavy atom. The van der Waals surface area contributed by atoms with Crippen LogP contribution in [0.1, 0.15) is 25.3 Å². The Kier molecular flexibility index (Phi) is 5.20. The van der Waals surface area contributed by atoms with E-state index in [4.69, 9.17) is 5.11 Å². The number of halogens is 1. The van der Waals surface area contributed by atoms with Crippen LogP contribution in [-0.2, 0) is 4.79 Å². The van der Waals surface area contributed by atoms with Crippen molar-refractivity contribution in [3.63, 3.8) is 0 Å². The van der Waals surface area contributed by atoms with Gasteiger partial charge in [-0.05, 0) is 36.3 Å². The highest BCUT2D eigenvalue weighted by Crippen LogP contribution is 2.18. The number of hydrogen-bond acceptors (Lipinski definition) is 2. The number of aliphatic carboxylic acids is 1. The second-order valence-electron chi connectivity index (χ2n) is 3.68. The predicted octanol–water partition coefficient (Wildman–Crippen LogP) is 3.14. The summed E-state index contributed by atoms with van der Waals surface area (Å²) in [6.45, 7) is 2.81. The van der Waals surface area contributed by atoms with Gasteiger partial charge in [0.1, 0.15) is 5.82 Å². The third-order valence-corrected chi connectivity index (χ3v) is 2.27. The van der Waals surface area contributed by atoms with Crippen LogP contribution in [0, 0.1) is 5.82 Å². The van der Waals surface area contributed by atoms with E-state index in [1.54, 1.807) is 6.07 Å². The van der Waals surface area contributed by atoms with Gasteiger partial charge in [-0.25, -0.2) is 9.18 Å². The van der Waals surface area contributed by atoms with E-state index >= 15 is 0 Å². The van der Waals surface area contributed by atoms with E-state index in [-0.39, 0.29) is 5.82 Å². The third kappa shape index (κ3) is 4.68. The van der Waals surface area contributed by atoms with Gasteiger partial charge in [0, 0.05) is 18.3 Å². The number of carboxylic acids is 1. The van der Waals surface area contributed by atoms with Gasteiger partial charge in [0.25, 0.3) is 0 Å². The van der Waals surface area contributed by atoms with Gasteiger partial charge >= 0.3 is 5.97 Å². The zero-order chi connectivity index (χ0) is 12.7. The number of hydrogen-bond donors (Lipinski definition) is 2. The van der Waals surface area contributed by atoms with Crippen LogP contribution >= 0.6 is 0 Å². The summed E-state index contributed by atoms with van der Waals surface area (Å²) in [7, 11) is 0. The van der Waals surface area contributed by atoms with Gasteiger partial charge in [-0.15, -0.1) is 0 Å². The van der Waals surface area contributed by atoms with Gasteiger partial charge in [-0.3, -0.25) is 0 Å². The molecule has 4 heteroatoms. The van der Waals surface area contributed by atoms with Crippen LogP contribution in [0.4, 0.5) is 10.1 Å². The molecule has 1 aromatic rings. The largest absolute Gasteiger partial charge is 0.478 e. The zero-order valence-electron chi connectivity index (χ0n) is 9.74. The standard InChI is InChI=1S/C13H16FNO2/c1-2-3-8-15-12-9-11(14)6-4-10(12)5-7-13(16)17/h4-7,9,15H,2-3,8H2,1H3,(H,16,17). The Labute approximate surface area is 100.0 Å². The summed E-state index contributed by atoms with van der Waals surface area (Å²) in [4.78, 5) is 10.4. The van der Waals surface area contributed by atoms with Crippen LogP contribution < -0.4 is 5.32 Å². The van der Waals surface area contributed by atoms with Gasteiger partial charge in [-0.2, -0.15) is 0 Å². The highest BCUT2D eigenvalue weighted by molar-refractivity contribution is 5.86. The van der Waals surface area contributed by atoms with Crippen LogP contribution in [0.2, 0.25) is 0 Å². The molecule has 0 radical (unpaired) electrons. The molecular weight excluding hydrogens is 221 g/mol. The van der Waals surface area contributed by atoms with E-state index in [0.29, 0.717) is 11.3 Å². The van der Waals surface area contributed by atoms with E-state index in [2.05, 4.69) is 12.2 Å². The Balaban J connectivity index is 2.83. The molecule has 0 spiro atoms. The second kappa shape index (κ2) is 6.68. The van der Waals surface area contributed by atoms with Crippen molar-refractivity contribution in [2.45, 2.75) is 19.8 Å². The molecule has 0 aliphatic rings. The predicted molar refractivity (Wildman–Crippen MR) is 66.5 cm³/mol. The molecule has 0 aliphatic heterocycles. The second-order valence-corrected chi connectivity index (χ2v) is 3.68. The lowest BCUT2D eigenvalue weighted by molar-refractivity contribution is -0.131. The minimum absolute atomic E-state index is 0.337. The van der Waals surface area contributed by atoms with Crippen molar-refractivity contribution in [1.29, 1.82) is 0 Å². The molecule has 0 unspecified atom stereocenters. The lowest BCUT2D eigenvalue weighted by Crippen LogP contribution is -2.03. The third-order valence-electron chi connectivity index (χ3n) is 2.27. The molecule has 2 N–H and O–H groups in total. The summed E-state index contributed by atoms with van der Waals surface area (Å²) in [6.07, 6.45) is 4.52. The molecule has 1 aromatic carbocycles. The van der Waals surface area contributed by atoms with E-state index < -0.39 is 5.97 Å². The SMILES string of the molecule is CCCCNc1cc(F)ccc1C=CC(=O)O. The number of benzene rings is 1.